The fraction of sp³-hybridized carbons (Fsp3) is 0.143. The Morgan fingerprint density at radius 3 is 2.61 bits per heavy atom. The lowest BCUT2D eigenvalue weighted by Gasteiger charge is -2.06. The van der Waals surface area contributed by atoms with Gasteiger partial charge >= 0.3 is 6.09 Å². The molecule has 0 atom stereocenters. The molecule has 4 nitrogen and oxygen atoms in total. The van der Waals surface area contributed by atoms with E-state index in [9.17, 15) is 4.79 Å². The van der Waals surface area contributed by atoms with Crippen LogP contribution in [0.25, 0.3) is 11.3 Å². The Hall–Kier alpha value is -2.36. The number of pyridine rings is 1. The van der Waals surface area contributed by atoms with Crippen molar-refractivity contribution in [2.24, 2.45) is 0 Å². The van der Waals surface area contributed by atoms with Crippen molar-refractivity contribution in [3.8, 4) is 11.3 Å². The van der Waals surface area contributed by atoms with E-state index in [0.717, 1.165) is 11.3 Å². The fourth-order valence-corrected chi connectivity index (χ4v) is 1.54. The van der Waals surface area contributed by atoms with Crippen molar-refractivity contribution in [3.05, 3.63) is 48.7 Å². The van der Waals surface area contributed by atoms with E-state index in [0.29, 0.717) is 12.3 Å². The van der Waals surface area contributed by atoms with Crippen LogP contribution in [0.15, 0.2) is 48.7 Å². The normalized spacial score (nSPS) is 9.83. The molecule has 18 heavy (non-hydrogen) atoms. The average molecular weight is 242 g/mol. The van der Waals surface area contributed by atoms with E-state index >= 15 is 0 Å². The van der Waals surface area contributed by atoms with Gasteiger partial charge in [-0.2, -0.15) is 0 Å². The average Bonchev–Trinajstić information content (AvgIpc) is 2.41. The summed E-state index contributed by atoms with van der Waals surface area (Å²) < 4.78 is 4.80. The van der Waals surface area contributed by atoms with Crippen molar-refractivity contribution in [2.75, 3.05) is 11.9 Å². The zero-order valence-electron chi connectivity index (χ0n) is 10.1. The van der Waals surface area contributed by atoms with Gasteiger partial charge in [0, 0.05) is 17.4 Å². The molecular formula is C14H14N2O2. The van der Waals surface area contributed by atoms with Crippen molar-refractivity contribution < 1.29 is 9.53 Å². The number of aromatic nitrogens is 1. The van der Waals surface area contributed by atoms with Crippen LogP contribution in [0.2, 0.25) is 0 Å². The molecule has 1 heterocycles. The highest BCUT2D eigenvalue weighted by Gasteiger charge is 2.02. The van der Waals surface area contributed by atoms with Gasteiger partial charge in [0.25, 0.3) is 0 Å². The molecule has 0 spiro atoms. The molecule has 0 unspecified atom stereocenters. The van der Waals surface area contributed by atoms with Crippen molar-refractivity contribution in [3.63, 3.8) is 0 Å². The van der Waals surface area contributed by atoms with E-state index in [1.54, 1.807) is 13.1 Å². The predicted molar refractivity (Wildman–Crippen MR) is 70.3 cm³/mol. The molecule has 0 fully saturated rings. The maximum Gasteiger partial charge on any atom is 0.411 e. The Morgan fingerprint density at radius 2 is 2.00 bits per heavy atom. The van der Waals surface area contributed by atoms with Crippen LogP contribution >= 0.6 is 0 Å². The van der Waals surface area contributed by atoms with Crippen LogP contribution in [0.3, 0.4) is 0 Å². The van der Waals surface area contributed by atoms with E-state index in [2.05, 4.69) is 10.3 Å². The molecule has 2 rings (SSSR count). The van der Waals surface area contributed by atoms with Gasteiger partial charge in [-0.1, -0.05) is 18.2 Å². The Kier molecular flexibility index (Phi) is 3.91. The lowest BCUT2D eigenvalue weighted by molar-refractivity contribution is 0.168. The Labute approximate surface area is 106 Å². The number of rotatable bonds is 3. The highest BCUT2D eigenvalue weighted by atomic mass is 16.5. The summed E-state index contributed by atoms with van der Waals surface area (Å²) in [5.41, 5.74) is 2.61. The second kappa shape index (κ2) is 5.82. The molecule has 0 saturated heterocycles. The second-order valence-electron chi connectivity index (χ2n) is 3.64. The second-order valence-corrected chi connectivity index (χ2v) is 3.64. The maximum atomic E-state index is 11.2. The molecule has 1 N–H and O–H groups in total. The molecule has 0 bridgehead atoms. The fourth-order valence-electron chi connectivity index (χ4n) is 1.54. The third kappa shape index (κ3) is 3.07. The Bertz CT molecular complexity index is 509. The molecule has 0 aliphatic heterocycles. The number of hydrogen-bond acceptors (Lipinski definition) is 3. The summed E-state index contributed by atoms with van der Waals surface area (Å²) in [5.74, 6) is 0. The minimum absolute atomic E-state index is 0.359. The summed E-state index contributed by atoms with van der Waals surface area (Å²) in [4.78, 5) is 15.5. The quantitative estimate of drug-likeness (QED) is 0.898. The van der Waals surface area contributed by atoms with Gasteiger partial charge in [-0.25, -0.2) is 4.79 Å². The van der Waals surface area contributed by atoms with Gasteiger partial charge in [0.1, 0.15) is 0 Å². The number of carbonyl (C=O) groups excluding carboxylic acids is 1. The number of benzene rings is 1. The van der Waals surface area contributed by atoms with Gasteiger partial charge < -0.3 is 4.74 Å². The van der Waals surface area contributed by atoms with E-state index in [1.165, 1.54) is 0 Å². The van der Waals surface area contributed by atoms with Crippen LogP contribution in [0.5, 0.6) is 0 Å². The molecule has 2 aromatic rings. The first-order valence-electron chi connectivity index (χ1n) is 5.75. The summed E-state index contributed by atoms with van der Waals surface area (Å²) in [6, 6.07) is 13.2. The van der Waals surface area contributed by atoms with Crippen LogP contribution in [0, 0.1) is 0 Å². The minimum atomic E-state index is -0.442. The van der Waals surface area contributed by atoms with E-state index in [1.807, 2.05) is 42.5 Å². The monoisotopic (exact) mass is 242 g/mol. The van der Waals surface area contributed by atoms with E-state index < -0.39 is 6.09 Å². The van der Waals surface area contributed by atoms with Gasteiger partial charge in [0.15, 0.2) is 0 Å². The van der Waals surface area contributed by atoms with Gasteiger partial charge in [-0.3, -0.25) is 10.3 Å². The number of hydrogen-bond donors (Lipinski definition) is 1. The minimum Gasteiger partial charge on any atom is -0.450 e. The SMILES string of the molecule is CCOC(=O)Nc1ccc(-c2ccccn2)cc1. The lowest BCUT2D eigenvalue weighted by atomic mass is 10.1. The van der Waals surface area contributed by atoms with Crippen LogP contribution in [0.1, 0.15) is 6.92 Å². The summed E-state index contributed by atoms with van der Waals surface area (Å²) >= 11 is 0. The van der Waals surface area contributed by atoms with Gasteiger partial charge in [-0.05, 0) is 31.2 Å². The molecule has 0 radical (unpaired) electrons. The Balaban J connectivity index is 2.09. The van der Waals surface area contributed by atoms with Gasteiger partial charge in [0.2, 0.25) is 0 Å². The van der Waals surface area contributed by atoms with Crippen molar-refractivity contribution in [2.45, 2.75) is 6.92 Å². The molecule has 92 valence electrons. The van der Waals surface area contributed by atoms with Crippen LogP contribution in [-0.2, 0) is 4.74 Å². The number of anilines is 1. The van der Waals surface area contributed by atoms with Gasteiger partial charge in [0.05, 0.1) is 12.3 Å². The van der Waals surface area contributed by atoms with Crippen molar-refractivity contribution in [1.82, 2.24) is 4.98 Å². The molecule has 4 heteroatoms. The molecular weight excluding hydrogens is 228 g/mol. The first kappa shape index (κ1) is 12.1. The van der Waals surface area contributed by atoms with Crippen molar-refractivity contribution in [1.29, 1.82) is 0 Å². The largest absolute Gasteiger partial charge is 0.450 e. The third-order valence-electron chi connectivity index (χ3n) is 2.37. The zero-order valence-corrected chi connectivity index (χ0v) is 10.1. The highest BCUT2D eigenvalue weighted by Crippen LogP contribution is 2.18. The molecule has 1 aromatic heterocycles. The number of carbonyl (C=O) groups is 1. The lowest BCUT2D eigenvalue weighted by Crippen LogP contribution is -2.13. The molecule has 0 saturated carbocycles. The van der Waals surface area contributed by atoms with Crippen LogP contribution in [0.4, 0.5) is 10.5 Å². The molecule has 1 aromatic carbocycles. The summed E-state index contributed by atoms with van der Waals surface area (Å²) in [5, 5.41) is 2.64. The number of nitrogens with one attached hydrogen (secondary N) is 1. The third-order valence-corrected chi connectivity index (χ3v) is 2.37. The highest BCUT2D eigenvalue weighted by molar-refractivity contribution is 5.85. The first-order chi connectivity index (χ1) is 8.79. The Morgan fingerprint density at radius 1 is 1.22 bits per heavy atom. The zero-order chi connectivity index (χ0) is 12.8. The topological polar surface area (TPSA) is 51.2 Å². The first-order valence-corrected chi connectivity index (χ1v) is 5.75. The van der Waals surface area contributed by atoms with Crippen molar-refractivity contribution >= 4 is 11.8 Å². The smallest absolute Gasteiger partial charge is 0.411 e. The summed E-state index contributed by atoms with van der Waals surface area (Å²) in [6.45, 7) is 2.13. The molecule has 0 aliphatic rings. The standard InChI is InChI=1S/C14H14N2O2/c1-2-18-14(17)16-12-8-6-11(7-9-12)13-5-3-4-10-15-13/h3-10H,2H2,1H3,(H,16,17). The predicted octanol–water partition coefficient (Wildman–Crippen LogP) is 3.32. The summed E-state index contributed by atoms with van der Waals surface area (Å²) in [7, 11) is 0. The number of nitrogens with zero attached hydrogens (tertiary/aromatic N) is 1. The number of ether oxygens (including phenoxy) is 1. The van der Waals surface area contributed by atoms with E-state index in [-0.39, 0.29) is 0 Å². The van der Waals surface area contributed by atoms with E-state index in [4.69, 9.17) is 4.74 Å². The molecule has 0 aliphatic carbocycles. The number of amides is 1. The van der Waals surface area contributed by atoms with Crippen LogP contribution in [-0.4, -0.2) is 17.7 Å². The van der Waals surface area contributed by atoms with Gasteiger partial charge in [-0.15, -0.1) is 0 Å². The summed E-state index contributed by atoms with van der Waals surface area (Å²) in [6.07, 6.45) is 1.31. The maximum absolute atomic E-state index is 11.2. The molecule has 1 amide bonds. The van der Waals surface area contributed by atoms with Crippen LogP contribution < -0.4 is 5.32 Å².